The van der Waals surface area contributed by atoms with Gasteiger partial charge in [-0.05, 0) is 13.8 Å². The molecule has 1 aromatic rings. The highest BCUT2D eigenvalue weighted by molar-refractivity contribution is 5.95. The minimum Gasteiger partial charge on any atom is -0.361 e. The lowest BCUT2D eigenvalue weighted by atomic mass is 10.1. The second-order valence-corrected chi connectivity index (χ2v) is 3.70. The summed E-state index contributed by atoms with van der Waals surface area (Å²) in [4.78, 5) is 13.9. The Bertz CT molecular complexity index is 357. The van der Waals surface area contributed by atoms with E-state index in [0.717, 1.165) is 19.6 Å². The molecular weight excluding hydrogens is 194 g/mol. The van der Waals surface area contributed by atoms with Crippen LogP contribution in [-0.4, -0.2) is 41.6 Å². The van der Waals surface area contributed by atoms with Crippen molar-refractivity contribution in [1.82, 2.24) is 15.4 Å². The first-order valence-corrected chi connectivity index (χ1v) is 5.17. The van der Waals surface area contributed by atoms with Gasteiger partial charge in [0.15, 0.2) is 0 Å². The molecule has 1 aliphatic heterocycles. The minimum atomic E-state index is 0.0164. The molecule has 1 aromatic heterocycles. The number of rotatable bonds is 3. The maximum Gasteiger partial charge on any atom is 0.259 e. The molecule has 0 unspecified atom stereocenters. The Morgan fingerprint density at radius 3 is 2.87 bits per heavy atom. The van der Waals surface area contributed by atoms with Crippen LogP contribution >= 0.6 is 0 Å². The number of carbonyl (C=O) groups excluding carboxylic acids is 1. The molecule has 15 heavy (non-hydrogen) atoms. The predicted molar refractivity (Wildman–Crippen MR) is 54.6 cm³/mol. The van der Waals surface area contributed by atoms with Gasteiger partial charge in [-0.15, -0.1) is 0 Å². The average molecular weight is 209 g/mol. The van der Waals surface area contributed by atoms with E-state index in [1.807, 2.05) is 11.8 Å². The molecule has 1 amide bonds. The topological polar surface area (TPSA) is 58.4 Å². The fraction of sp³-hybridized carbons (Fsp3) is 0.600. The van der Waals surface area contributed by atoms with E-state index in [4.69, 9.17) is 4.52 Å². The molecule has 0 aliphatic carbocycles. The normalized spacial score (nSPS) is 16.1. The first-order valence-electron chi connectivity index (χ1n) is 5.17. The fourth-order valence-electron chi connectivity index (χ4n) is 1.72. The Morgan fingerprint density at radius 2 is 2.47 bits per heavy atom. The van der Waals surface area contributed by atoms with E-state index in [9.17, 15) is 4.79 Å². The summed E-state index contributed by atoms with van der Waals surface area (Å²) in [5, 5.41) is 6.78. The average Bonchev–Trinajstić information content (AvgIpc) is 2.56. The fourth-order valence-corrected chi connectivity index (χ4v) is 1.72. The van der Waals surface area contributed by atoms with Crippen LogP contribution in [0.2, 0.25) is 0 Å². The van der Waals surface area contributed by atoms with Gasteiger partial charge < -0.3 is 14.7 Å². The van der Waals surface area contributed by atoms with Crippen LogP contribution in [0.15, 0.2) is 10.7 Å². The molecule has 5 heteroatoms. The number of hydrogen-bond acceptors (Lipinski definition) is 4. The molecule has 1 saturated heterocycles. The molecule has 0 aromatic carbocycles. The molecular formula is C10H15N3O2. The third-order valence-electron chi connectivity index (χ3n) is 2.78. The van der Waals surface area contributed by atoms with Gasteiger partial charge in [-0.1, -0.05) is 5.16 Å². The van der Waals surface area contributed by atoms with Crippen LogP contribution < -0.4 is 5.32 Å². The number of likely N-dealkylation sites (N-methyl/N-ethyl adjacent to an activating group) is 1. The smallest absolute Gasteiger partial charge is 0.259 e. The monoisotopic (exact) mass is 209 g/mol. The van der Waals surface area contributed by atoms with E-state index in [1.165, 1.54) is 6.20 Å². The molecule has 1 N–H and O–H groups in total. The van der Waals surface area contributed by atoms with Crippen molar-refractivity contribution >= 4 is 5.91 Å². The molecule has 2 heterocycles. The van der Waals surface area contributed by atoms with E-state index in [1.54, 1.807) is 6.92 Å². The number of nitrogens with zero attached hydrogens (tertiary/aromatic N) is 2. The van der Waals surface area contributed by atoms with Gasteiger partial charge in [0.1, 0.15) is 11.3 Å². The lowest BCUT2D eigenvalue weighted by Crippen LogP contribution is -2.58. The van der Waals surface area contributed by atoms with Crippen molar-refractivity contribution in [1.29, 1.82) is 0 Å². The summed E-state index contributed by atoms with van der Waals surface area (Å²) >= 11 is 0. The maximum absolute atomic E-state index is 12.1. The van der Waals surface area contributed by atoms with Crippen LogP contribution in [0.5, 0.6) is 0 Å². The molecule has 0 spiro atoms. The highest BCUT2D eigenvalue weighted by Crippen LogP contribution is 2.13. The van der Waals surface area contributed by atoms with Crippen molar-refractivity contribution < 1.29 is 9.32 Å². The summed E-state index contributed by atoms with van der Waals surface area (Å²) in [6.45, 7) is 6.22. The second-order valence-electron chi connectivity index (χ2n) is 3.70. The molecule has 0 radical (unpaired) electrons. The van der Waals surface area contributed by atoms with Crippen molar-refractivity contribution in [2.75, 3.05) is 19.6 Å². The summed E-state index contributed by atoms with van der Waals surface area (Å²) in [7, 11) is 0. The highest BCUT2D eigenvalue weighted by Gasteiger charge is 2.29. The van der Waals surface area contributed by atoms with Crippen LogP contribution in [-0.2, 0) is 0 Å². The predicted octanol–water partition coefficient (Wildman–Crippen LogP) is 0.417. The van der Waals surface area contributed by atoms with E-state index >= 15 is 0 Å². The first kappa shape index (κ1) is 10.2. The van der Waals surface area contributed by atoms with E-state index < -0.39 is 0 Å². The van der Waals surface area contributed by atoms with Gasteiger partial charge in [-0.25, -0.2) is 0 Å². The lowest BCUT2D eigenvalue weighted by molar-refractivity contribution is 0.0628. The van der Waals surface area contributed by atoms with Gasteiger partial charge in [0, 0.05) is 19.6 Å². The van der Waals surface area contributed by atoms with Gasteiger partial charge in [0.2, 0.25) is 0 Å². The molecule has 1 aliphatic rings. The van der Waals surface area contributed by atoms with E-state index in [-0.39, 0.29) is 5.91 Å². The zero-order valence-corrected chi connectivity index (χ0v) is 8.99. The van der Waals surface area contributed by atoms with Gasteiger partial charge in [0.25, 0.3) is 5.91 Å². The van der Waals surface area contributed by atoms with Crippen LogP contribution in [0.1, 0.15) is 23.0 Å². The number of nitrogens with one attached hydrogen (secondary N) is 1. The van der Waals surface area contributed by atoms with E-state index in [0.29, 0.717) is 17.4 Å². The molecule has 2 rings (SSSR count). The Kier molecular flexibility index (Phi) is 2.73. The number of aryl methyl sites for hydroxylation is 1. The Labute approximate surface area is 88.4 Å². The van der Waals surface area contributed by atoms with Crippen molar-refractivity contribution in [3.63, 3.8) is 0 Å². The number of hydrogen-bond donors (Lipinski definition) is 1. The lowest BCUT2D eigenvalue weighted by Gasteiger charge is -2.37. The van der Waals surface area contributed by atoms with Gasteiger partial charge in [0.05, 0.1) is 12.2 Å². The van der Waals surface area contributed by atoms with E-state index in [2.05, 4.69) is 10.5 Å². The zero-order chi connectivity index (χ0) is 10.8. The molecule has 82 valence electrons. The maximum atomic E-state index is 12.1. The quantitative estimate of drug-likeness (QED) is 0.783. The highest BCUT2D eigenvalue weighted by atomic mass is 16.5. The number of amides is 1. The first-order chi connectivity index (χ1) is 7.24. The van der Waals surface area contributed by atoms with Crippen molar-refractivity contribution in [3.8, 4) is 0 Å². The minimum absolute atomic E-state index is 0.0164. The summed E-state index contributed by atoms with van der Waals surface area (Å²) in [6, 6.07) is 0.316. The van der Waals surface area contributed by atoms with Crippen LogP contribution in [0.4, 0.5) is 0 Å². The molecule has 5 nitrogen and oxygen atoms in total. The van der Waals surface area contributed by atoms with Gasteiger partial charge >= 0.3 is 0 Å². The third kappa shape index (κ3) is 1.74. The standard InChI is InChI=1S/C10H15N3O2/c1-3-13(8-4-11-5-8)10(14)9-6-12-15-7(9)2/h6,8,11H,3-5H2,1-2H3. The van der Waals surface area contributed by atoms with Crippen molar-refractivity contribution in [3.05, 3.63) is 17.5 Å². The summed E-state index contributed by atoms with van der Waals surface area (Å²) in [5.41, 5.74) is 0.573. The van der Waals surface area contributed by atoms with Crippen molar-refractivity contribution in [2.45, 2.75) is 19.9 Å². The Hall–Kier alpha value is -1.36. The summed E-state index contributed by atoms with van der Waals surface area (Å²) in [5.74, 6) is 0.605. The van der Waals surface area contributed by atoms with Crippen LogP contribution in [0.25, 0.3) is 0 Å². The third-order valence-corrected chi connectivity index (χ3v) is 2.78. The molecule has 0 saturated carbocycles. The van der Waals surface area contributed by atoms with Gasteiger partial charge in [-0.2, -0.15) is 0 Å². The largest absolute Gasteiger partial charge is 0.361 e. The second kappa shape index (κ2) is 4.02. The molecule has 1 fully saturated rings. The van der Waals surface area contributed by atoms with Gasteiger partial charge in [-0.3, -0.25) is 4.79 Å². The van der Waals surface area contributed by atoms with Crippen molar-refractivity contribution in [2.24, 2.45) is 0 Å². The number of aromatic nitrogens is 1. The summed E-state index contributed by atoms with van der Waals surface area (Å²) in [6.07, 6.45) is 1.49. The summed E-state index contributed by atoms with van der Waals surface area (Å²) < 4.78 is 4.90. The molecule has 0 atom stereocenters. The van der Waals surface area contributed by atoms with Crippen LogP contribution in [0.3, 0.4) is 0 Å². The Morgan fingerprint density at radius 1 is 1.73 bits per heavy atom. The number of carbonyl (C=O) groups is 1. The zero-order valence-electron chi connectivity index (χ0n) is 8.99. The van der Waals surface area contributed by atoms with Crippen LogP contribution in [0, 0.1) is 6.92 Å². The SMILES string of the molecule is CCN(C(=O)c1cnoc1C)C1CNC1. The molecule has 0 bridgehead atoms. The Balaban J connectivity index is 2.14.